The van der Waals surface area contributed by atoms with Crippen LogP contribution in [0.5, 0.6) is 17.2 Å². The Balaban J connectivity index is 1.62. The molecule has 0 amide bonds. The Kier molecular flexibility index (Phi) is 5.52. The Labute approximate surface area is 166 Å². The topological polar surface area (TPSA) is 49.7 Å². The molecule has 0 aromatic heterocycles. The summed E-state index contributed by atoms with van der Waals surface area (Å²) < 4.78 is 6.17. The SMILES string of the molecule is Oc1ccc(C(c2ccc(O)cc2)c2ccc(OC3CCCCC3)cc2)cc1. The molecule has 144 valence electrons. The first-order valence-corrected chi connectivity index (χ1v) is 10.0. The zero-order chi connectivity index (χ0) is 19.3. The maximum Gasteiger partial charge on any atom is 0.119 e. The molecule has 0 spiro atoms. The molecule has 0 unspecified atom stereocenters. The molecule has 4 rings (SSSR count). The third-order valence-corrected chi connectivity index (χ3v) is 5.52. The molecule has 0 bridgehead atoms. The van der Waals surface area contributed by atoms with Crippen molar-refractivity contribution in [1.29, 1.82) is 0 Å². The predicted octanol–water partition coefficient (Wildman–Crippen LogP) is 5.99. The Morgan fingerprint density at radius 2 is 1.04 bits per heavy atom. The van der Waals surface area contributed by atoms with Gasteiger partial charge in [0.1, 0.15) is 17.2 Å². The second-order valence-electron chi connectivity index (χ2n) is 7.56. The monoisotopic (exact) mass is 374 g/mol. The smallest absolute Gasteiger partial charge is 0.119 e. The molecule has 1 fully saturated rings. The fourth-order valence-corrected chi connectivity index (χ4v) is 4.03. The maximum absolute atomic E-state index is 9.66. The summed E-state index contributed by atoms with van der Waals surface area (Å²) in [5.41, 5.74) is 3.32. The molecule has 3 aromatic carbocycles. The molecule has 3 aromatic rings. The van der Waals surface area contributed by atoms with E-state index in [0.29, 0.717) is 6.10 Å². The maximum atomic E-state index is 9.66. The lowest BCUT2D eigenvalue weighted by Gasteiger charge is -2.24. The minimum Gasteiger partial charge on any atom is -0.508 e. The summed E-state index contributed by atoms with van der Waals surface area (Å²) >= 11 is 0. The van der Waals surface area contributed by atoms with Crippen LogP contribution in [0.15, 0.2) is 72.8 Å². The summed E-state index contributed by atoms with van der Waals surface area (Å²) in [5, 5.41) is 19.3. The van der Waals surface area contributed by atoms with E-state index < -0.39 is 0 Å². The number of hydrogen-bond donors (Lipinski definition) is 2. The Bertz CT molecular complexity index is 831. The first-order chi connectivity index (χ1) is 13.7. The van der Waals surface area contributed by atoms with E-state index in [2.05, 4.69) is 24.3 Å². The van der Waals surface area contributed by atoms with Crippen LogP contribution in [0, 0.1) is 0 Å². The van der Waals surface area contributed by atoms with Gasteiger partial charge in [0.15, 0.2) is 0 Å². The van der Waals surface area contributed by atoms with Gasteiger partial charge in [-0.1, -0.05) is 42.8 Å². The van der Waals surface area contributed by atoms with Gasteiger partial charge in [0, 0.05) is 5.92 Å². The molecular weight excluding hydrogens is 348 g/mol. The van der Waals surface area contributed by atoms with E-state index in [-0.39, 0.29) is 17.4 Å². The molecule has 2 N–H and O–H groups in total. The van der Waals surface area contributed by atoms with Crippen molar-refractivity contribution in [2.45, 2.75) is 44.1 Å². The number of rotatable bonds is 5. The molecule has 3 heteroatoms. The number of hydrogen-bond acceptors (Lipinski definition) is 3. The highest BCUT2D eigenvalue weighted by molar-refractivity contribution is 5.46. The summed E-state index contributed by atoms with van der Waals surface area (Å²) in [7, 11) is 0. The van der Waals surface area contributed by atoms with E-state index in [9.17, 15) is 10.2 Å². The van der Waals surface area contributed by atoms with Gasteiger partial charge in [-0.2, -0.15) is 0 Å². The van der Waals surface area contributed by atoms with E-state index in [1.165, 1.54) is 19.3 Å². The van der Waals surface area contributed by atoms with E-state index in [0.717, 1.165) is 35.3 Å². The fourth-order valence-electron chi connectivity index (χ4n) is 4.03. The summed E-state index contributed by atoms with van der Waals surface area (Å²) in [4.78, 5) is 0. The minimum absolute atomic E-state index is 0.0185. The van der Waals surface area contributed by atoms with Gasteiger partial charge in [-0.25, -0.2) is 0 Å². The van der Waals surface area contributed by atoms with Gasteiger partial charge in [-0.05, 0) is 78.8 Å². The largest absolute Gasteiger partial charge is 0.508 e. The van der Waals surface area contributed by atoms with Crippen molar-refractivity contribution < 1.29 is 14.9 Å². The Hall–Kier alpha value is -2.94. The van der Waals surface area contributed by atoms with Crippen LogP contribution in [0.3, 0.4) is 0 Å². The van der Waals surface area contributed by atoms with Crippen LogP contribution in [-0.4, -0.2) is 16.3 Å². The van der Waals surface area contributed by atoms with Gasteiger partial charge in [-0.15, -0.1) is 0 Å². The van der Waals surface area contributed by atoms with Crippen molar-refractivity contribution in [3.05, 3.63) is 89.5 Å². The zero-order valence-electron chi connectivity index (χ0n) is 15.9. The number of benzene rings is 3. The number of ether oxygens (including phenoxy) is 1. The summed E-state index contributed by atoms with van der Waals surface area (Å²) in [6, 6.07) is 23.0. The van der Waals surface area contributed by atoms with E-state index in [4.69, 9.17) is 4.74 Å². The van der Waals surface area contributed by atoms with Crippen LogP contribution < -0.4 is 4.74 Å². The van der Waals surface area contributed by atoms with Crippen molar-refractivity contribution in [3.8, 4) is 17.2 Å². The third-order valence-electron chi connectivity index (χ3n) is 5.52. The first kappa shape index (κ1) is 18.4. The second-order valence-corrected chi connectivity index (χ2v) is 7.56. The normalized spacial score (nSPS) is 14.9. The van der Waals surface area contributed by atoms with E-state index in [1.54, 1.807) is 24.3 Å². The molecule has 0 radical (unpaired) electrons. The third kappa shape index (κ3) is 4.30. The lowest BCUT2D eigenvalue weighted by atomic mass is 9.85. The lowest BCUT2D eigenvalue weighted by Crippen LogP contribution is -2.19. The highest BCUT2D eigenvalue weighted by atomic mass is 16.5. The summed E-state index contributed by atoms with van der Waals surface area (Å²) in [5.74, 6) is 1.45. The van der Waals surface area contributed by atoms with Crippen LogP contribution in [0.2, 0.25) is 0 Å². The fraction of sp³-hybridized carbons (Fsp3) is 0.280. The highest BCUT2D eigenvalue weighted by Gasteiger charge is 2.18. The van der Waals surface area contributed by atoms with Crippen LogP contribution in [0.25, 0.3) is 0 Å². The van der Waals surface area contributed by atoms with E-state index >= 15 is 0 Å². The predicted molar refractivity (Wildman–Crippen MR) is 111 cm³/mol. The first-order valence-electron chi connectivity index (χ1n) is 10.0. The quantitative estimate of drug-likeness (QED) is 0.539. The lowest BCUT2D eigenvalue weighted by molar-refractivity contribution is 0.155. The van der Waals surface area contributed by atoms with Crippen LogP contribution >= 0.6 is 0 Å². The molecule has 0 aliphatic heterocycles. The number of phenols is 2. The zero-order valence-corrected chi connectivity index (χ0v) is 15.9. The summed E-state index contributed by atoms with van der Waals surface area (Å²) in [6.45, 7) is 0. The number of aromatic hydroxyl groups is 2. The van der Waals surface area contributed by atoms with Crippen molar-refractivity contribution in [2.75, 3.05) is 0 Å². The molecule has 1 aliphatic rings. The van der Waals surface area contributed by atoms with Gasteiger partial charge in [0.25, 0.3) is 0 Å². The number of phenolic OH excluding ortho intramolecular Hbond substituents is 2. The average molecular weight is 374 g/mol. The van der Waals surface area contributed by atoms with Crippen LogP contribution in [0.4, 0.5) is 0 Å². The van der Waals surface area contributed by atoms with E-state index in [1.807, 2.05) is 24.3 Å². The molecule has 28 heavy (non-hydrogen) atoms. The van der Waals surface area contributed by atoms with Crippen LogP contribution in [0.1, 0.15) is 54.7 Å². The van der Waals surface area contributed by atoms with Crippen LogP contribution in [-0.2, 0) is 0 Å². The molecule has 1 saturated carbocycles. The van der Waals surface area contributed by atoms with Gasteiger partial charge in [0.05, 0.1) is 6.10 Å². The van der Waals surface area contributed by atoms with Gasteiger partial charge < -0.3 is 14.9 Å². The Morgan fingerprint density at radius 3 is 1.50 bits per heavy atom. The van der Waals surface area contributed by atoms with Gasteiger partial charge >= 0.3 is 0 Å². The van der Waals surface area contributed by atoms with Crippen molar-refractivity contribution in [3.63, 3.8) is 0 Å². The summed E-state index contributed by atoms with van der Waals surface area (Å²) in [6.07, 6.45) is 6.46. The Morgan fingerprint density at radius 1 is 0.607 bits per heavy atom. The van der Waals surface area contributed by atoms with Gasteiger partial charge in [-0.3, -0.25) is 0 Å². The molecule has 0 heterocycles. The van der Waals surface area contributed by atoms with Crippen molar-refractivity contribution in [1.82, 2.24) is 0 Å². The van der Waals surface area contributed by atoms with Crippen molar-refractivity contribution >= 4 is 0 Å². The minimum atomic E-state index is 0.0185. The average Bonchev–Trinajstić information content (AvgIpc) is 2.73. The molecular formula is C25H26O3. The molecule has 0 saturated heterocycles. The molecule has 1 aliphatic carbocycles. The highest BCUT2D eigenvalue weighted by Crippen LogP contribution is 2.34. The van der Waals surface area contributed by atoms with Crippen molar-refractivity contribution in [2.24, 2.45) is 0 Å². The molecule has 3 nitrogen and oxygen atoms in total. The van der Waals surface area contributed by atoms with Gasteiger partial charge in [0.2, 0.25) is 0 Å². The standard InChI is InChI=1S/C25H26O3/c26-21-12-6-18(7-13-21)25(19-8-14-22(27)15-9-19)20-10-16-24(17-11-20)28-23-4-2-1-3-5-23/h6-17,23,25-27H,1-5H2. The molecule has 0 atom stereocenters. The second kappa shape index (κ2) is 8.39.